The van der Waals surface area contributed by atoms with Gasteiger partial charge in [-0.15, -0.1) is 0 Å². The van der Waals surface area contributed by atoms with Crippen LogP contribution in [0.1, 0.15) is 17.4 Å². The van der Waals surface area contributed by atoms with Crippen molar-refractivity contribution in [3.63, 3.8) is 0 Å². The number of benzene rings is 1. The fourth-order valence-electron chi connectivity index (χ4n) is 1.89. The highest BCUT2D eigenvalue weighted by Crippen LogP contribution is 2.28. The molecule has 0 radical (unpaired) electrons. The van der Waals surface area contributed by atoms with Crippen molar-refractivity contribution < 1.29 is 13.9 Å². The number of halogens is 1. The van der Waals surface area contributed by atoms with Crippen molar-refractivity contribution in [3.8, 4) is 0 Å². The standard InChI is InChI=1S/C12H13FN2O2/c1-3-17-12(16)11-10(13)9-7(14)5-4-6-8(9)15(11)2/h4-6H,3,14H2,1-2H3. The molecule has 0 aliphatic heterocycles. The zero-order valence-electron chi connectivity index (χ0n) is 9.66. The number of anilines is 1. The molecule has 0 saturated carbocycles. The van der Waals surface area contributed by atoms with Gasteiger partial charge in [0.1, 0.15) is 0 Å². The van der Waals surface area contributed by atoms with Gasteiger partial charge in [0, 0.05) is 12.7 Å². The zero-order chi connectivity index (χ0) is 12.6. The number of nitrogens with two attached hydrogens (primary N) is 1. The monoisotopic (exact) mass is 236 g/mol. The van der Waals surface area contributed by atoms with Crippen molar-refractivity contribution in [2.75, 3.05) is 12.3 Å². The molecule has 2 rings (SSSR count). The number of aromatic nitrogens is 1. The molecule has 0 atom stereocenters. The molecule has 0 unspecified atom stereocenters. The molecule has 0 fully saturated rings. The number of rotatable bonds is 2. The molecule has 0 saturated heterocycles. The number of aryl methyl sites for hydroxylation is 1. The van der Waals surface area contributed by atoms with Gasteiger partial charge in [-0.1, -0.05) is 6.07 Å². The van der Waals surface area contributed by atoms with E-state index in [0.717, 1.165) is 0 Å². The molecular weight excluding hydrogens is 223 g/mol. The minimum Gasteiger partial charge on any atom is -0.461 e. The Balaban J connectivity index is 2.73. The van der Waals surface area contributed by atoms with Crippen LogP contribution in [0, 0.1) is 5.82 Å². The van der Waals surface area contributed by atoms with Crippen LogP contribution >= 0.6 is 0 Å². The van der Waals surface area contributed by atoms with Crippen molar-refractivity contribution in [1.29, 1.82) is 0 Å². The predicted octanol–water partition coefficient (Wildman–Crippen LogP) is 2.08. The van der Waals surface area contributed by atoms with Crippen LogP contribution in [0.5, 0.6) is 0 Å². The summed E-state index contributed by atoms with van der Waals surface area (Å²) in [5, 5.41) is 0.262. The summed E-state index contributed by atoms with van der Waals surface area (Å²) in [4.78, 5) is 11.6. The van der Waals surface area contributed by atoms with Gasteiger partial charge < -0.3 is 15.0 Å². The Labute approximate surface area is 97.8 Å². The average Bonchev–Trinajstić information content (AvgIpc) is 2.53. The minimum absolute atomic E-state index is 0.0975. The molecular formula is C12H13FN2O2. The first-order valence-corrected chi connectivity index (χ1v) is 5.27. The number of hydrogen-bond donors (Lipinski definition) is 1. The normalized spacial score (nSPS) is 10.8. The third-order valence-electron chi connectivity index (χ3n) is 2.67. The average molecular weight is 236 g/mol. The predicted molar refractivity (Wildman–Crippen MR) is 63.2 cm³/mol. The molecule has 1 aromatic heterocycles. The number of nitrogen functional groups attached to an aromatic ring is 1. The highest BCUT2D eigenvalue weighted by molar-refractivity contribution is 6.00. The highest BCUT2D eigenvalue weighted by Gasteiger charge is 2.23. The third-order valence-corrected chi connectivity index (χ3v) is 2.67. The van der Waals surface area contributed by atoms with Gasteiger partial charge in [0.25, 0.3) is 0 Å². The molecule has 0 bridgehead atoms. The summed E-state index contributed by atoms with van der Waals surface area (Å²) in [6, 6.07) is 5.02. The number of esters is 1. The molecule has 0 spiro atoms. The minimum atomic E-state index is -0.678. The zero-order valence-corrected chi connectivity index (χ0v) is 9.66. The van der Waals surface area contributed by atoms with Crippen molar-refractivity contribution in [2.24, 2.45) is 7.05 Å². The van der Waals surface area contributed by atoms with Gasteiger partial charge in [-0.3, -0.25) is 0 Å². The molecule has 0 aliphatic carbocycles. The fourth-order valence-corrected chi connectivity index (χ4v) is 1.89. The highest BCUT2D eigenvalue weighted by atomic mass is 19.1. The van der Waals surface area contributed by atoms with E-state index in [9.17, 15) is 9.18 Å². The Kier molecular flexibility index (Phi) is 2.75. The number of nitrogens with zero attached hydrogens (tertiary/aromatic N) is 1. The quantitative estimate of drug-likeness (QED) is 0.641. The van der Waals surface area contributed by atoms with Crippen LogP contribution in [-0.4, -0.2) is 17.1 Å². The smallest absolute Gasteiger partial charge is 0.358 e. The van der Waals surface area contributed by atoms with Crippen LogP contribution < -0.4 is 5.73 Å². The summed E-state index contributed by atoms with van der Waals surface area (Å²) in [5.41, 5.74) is 6.50. The van der Waals surface area contributed by atoms with Crippen LogP contribution in [-0.2, 0) is 11.8 Å². The van der Waals surface area contributed by atoms with Gasteiger partial charge in [0.05, 0.1) is 17.5 Å². The van der Waals surface area contributed by atoms with E-state index >= 15 is 0 Å². The van der Waals surface area contributed by atoms with Gasteiger partial charge in [-0.05, 0) is 19.1 Å². The summed E-state index contributed by atoms with van der Waals surface area (Å²) >= 11 is 0. The van der Waals surface area contributed by atoms with E-state index < -0.39 is 11.8 Å². The Morgan fingerprint density at radius 2 is 2.24 bits per heavy atom. The fraction of sp³-hybridized carbons (Fsp3) is 0.250. The lowest BCUT2D eigenvalue weighted by atomic mass is 10.2. The summed E-state index contributed by atoms with van der Waals surface area (Å²) in [6.07, 6.45) is 0. The third kappa shape index (κ3) is 1.63. The number of carbonyl (C=O) groups excluding carboxylic acids is 1. The van der Waals surface area contributed by atoms with Crippen molar-refractivity contribution in [2.45, 2.75) is 6.92 Å². The molecule has 1 heterocycles. The van der Waals surface area contributed by atoms with Crippen LogP contribution in [0.3, 0.4) is 0 Å². The first-order valence-electron chi connectivity index (χ1n) is 5.27. The Morgan fingerprint density at radius 3 is 2.82 bits per heavy atom. The van der Waals surface area contributed by atoms with E-state index in [4.69, 9.17) is 10.5 Å². The van der Waals surface area contributed by atoms with Gasteiger partial charge in [-0.2, -0.15) is 0 Å². The largest absolute Gasteiger partial charge is 0.461 e. The van der Waals surface area contributed by atoms with Gasteiger partial charge >= 0.3 is 5.97 Å². The molecule has 4 nitrogen and oxygen atoms in total. The molecule has 0 amide bonds. The van der Waals surface area contributed by atoms with Crippen molar-refractivity contribution in [1.82, 2.24) is 4.57 Å². The van der Waals surface area contributed by atoms with Crippen LogP contribution in [0.15, 0.2) is 18.2 Å². The van der Waals surface area contributed by atoms with Gasteiger partial charge in [-0.25, -0.2) is 9.18 Å². The summed E-state index contributed by atoms with van der Waals surface area (Å²) in [7, 11) is 1.61. The number of fused-ring (bicyclic) bond motifs is 1. The number of ether oxygens (including phenoxy) is 1. The number of carbonyl (C=O) groups is 1. The van der Waals surface area contributed by atoms with E-state index in [2.05, 4.69) is 0 Å². The lowest BCUT2D eigenvalue weighted by molar-refractivity contribution is 0.0510. The van der Waals surface area contributed by atoms with Crippen LogP contribution in [0.25, 0.3) is 10.9 Å². The first-order chi connectivity index (χ1) is 8.07. The van der Waals surface area contributed by atoms with Crippen LogP contribution in [0.2, 0.25) is 0 Å². The maximum absolute atomic E-state index is 14.1. The maximum Gasteiger partial charge on any atom is 0.358 e. The van der Waals surface area contributed by atoms with E-state index in [0.29, 0.717) is 11.2 Å². The number of hydrogen-bond acceptors (Lipinski definition) is 3. The second-order valence-corrected chi connectivity index (χ2v) is 3.68. The molecule has 90 valence electrons. The Morgan fingerprint density at radius 1 is 1.53 bits per heavy atom. The van der Waals surface area contributed by atoms with Crippen molar-refractivity contribution in [3.05, 3.63) is 29.7 Å². The molecule has 0 aliphatic rings. The van der Waals surface area contributed by atoms with E-state index in [1.165, 1.54) is 4.57 Å². The summed E-state index contributed by atoms with van der Waals surface area (Å²) in [6.45, 7) is 1.88. The topological polar surface area (TPSA) is 57.2 Å². The lowest BCUT2D eigenvalue weighted by Gasteiger charge is -2.03. The van der Waals surface area contributed by atoms with Gasteiger partial charge in [0.15, 0.2) is 11.5 Å². The maximum atomic E-state index is 14.1. The molecule has 5 heteroatoms. The van der Waals surface area contributed by atoms with E-state index in [-0.39, 0.29) is 17.7 Å². The van der Waals surface area contributed by atoms with E-state index in [1.807, 2.05) is 0 Å². The molecule has 1 aromatic carbocycles. The van der Waals surface area contributed by atoms with Crippen molar-refractivity contribution >= 4 is 22.6 Å². The molecule has 17 heavy (non-hydrogen) atoms. The second kappa shape index (κ2) is 4.08. The summed E-state index contributed by atoms with van der Waals surface area (Å²) < 4.78 is 20.4. The molecule has 2 N–H and O–H groups in total. The second-order valence-electron chi connectivity index (χ2n) is 3.68. The van der Waals surface area contributed by atoms with Gasteiger partial charge in [0.2, 0.25) is 0 Å². The Bertz CT molecular complexity index is 590. The molecule has 2 aromatic rings. The lowest BCUT2D eigenvalue weighted by Crippen LogP contribution is -2.11. The Hall–Kier alpha value is -2.04. The SMILES string of the molecule is CCOC(=O)c1c(F)c2c(N)cccc2n1C. The first kappa shape index (κ1) is 11.4. The van der Waals surface area contributed by atoms with E-state index in [1.54, 1.807) is 32.2 Å². The summed E-state index contributed by atoms with van der Waals surface area (Å²) in [5.74, 6) is -1.30. The van der Waals surface area contributed by atoms with Crippen LogP contribution in [0.4, 0.5) is 10.1 Å².